The number of nitrogens with zero attached hydrogens (tertiary/aromatic N) is 2. The van der Waals surface area contributed by atoms with Crippen molar-refractivity contribution in [2.75, 3.05) is 5.75 Å². The molecule has 0 aliphatic heterocycles. The zero-order chi connectivity index (χ0) is 17.2. The molecule has 0 bridgehead atoms. The topological polar surface area (TPSA) is 54.9 Å². The largest absolute Gasteiger partial charge is 0.353 e. The van der Waals surface area contributed by atoms with Crippen LogP contribution in [0.3, 0.4) is 0 Å². The Bertz CT molecular complexity index is 891. The van der Waals surface area contributed by atoms with Gasteiger partial charge in [0.1, 0.15) is 5.03 Å². The van der Waals surface area contributed by atoms with Crippen LogP contribution in [-0.2, 0) is 4.79 Å². The van der Waals surface area contributed by atoms with Crippen molar-refractivity contribution in [3.63, 3.8) is 0 Å². The minimum Gasteiger partial charge on any atom is -0.353 e. The molecule has 1 atom stereocenters. The van der Waals surface area contributed by atoms with Crippen molar-refractivity contribution >= 4 is 39.9 Å². The highest BCUT2D eigenvalue weighted by Crippen LogP contribution is 2.33. The number of para-hydroxylation sites is 1. The summed E-state index contributed by atoms with van der Waals surface area (Å²) in [4.78, 5) is 22.7. The number of nitrogens with one attached hydrogen (secondary N) is 1. The average molecular weight is 370 g/mol. The van der Waals surface area contributed by atoms with Gasteiger partial charge in [-0.1, -0.05) is 36.0 Å². The second kappa shape index (κ2) is 7.14. The van der Waals surface area contributed by atoms with Crippen LogP contribution in [0.2, 0.25) is 0 Å². The van der Waals surface area contributed by atoms with Crippen LogP contribution >= 0.6 is 23.1 Å². The second-order valence-electron chi connectivity index (χ2n) is 6.33. The van der Waals surface area contributed by atoms with Crippen molar-refractivity contribution in [2.45, 2.75) is 30.8 Å². The molecule has 0 radical (unpaired) electrons. The molecule has 1 aliphatic rings. The molecule has 1 N–H and O–H groups in total. The minimum atomic E-state index is 0.0739. The van der Waals surface area contributed by atoms with Gasteiger partial charge in [-0.05, 0) is 43.2 Å². The highest BCUT2D eigenvalue weighted by atomic mass is 32.2. The number of thiophene rings is 1. The van der Waals surface area contributed by atoms with Gasteiger partial charge in [-0.3, -0.25) is 4.79 Å². The number of carbonyl (C=O) groups is 1. The number of rotatable bonds is 6. The van der Waals surface area contributed by atoms with E-state index >= 15 is 0 Å². The van der Waals surface area contributed by atoms with E-state index < -0.39 is 0 Å². The fourth-order valence-corrected chi connectivity index (χ4v) is 4.30. The highest BCUT2D eigenvalue weighted by molar-refractivity contribution is 8.00. The number of fused-ring (bicyclic) bond motifs is 1. The van der Waals surface area contributed by atoms with Crippen LogP contribution in [0.25, 0.3) is 21.6 Å². The number of amides is 1. The van der Waals surface area contributed by atoms with Crippen molar-refractivity contribution in [2.24, 2.45) is 5.92 Å². The van der Waals surface area contributed by atoms with Crippen LogP contribution in [0.15, 0.2) is 46.8 Å². The Kier molecular flexibility index (Phi) is 4.72. The summed E-state index contributed by atoms with van der Waals surface area (Å²) in [6.45, 7) is 2.09. The first-order chi connectivity index (χ1) is 12.2. The average Bonchev–Trinajstić information content (AvgIpc) is 3.34. The van der Waals surface area contributed by atoms with Gasteiger partial charge in [0.15, 0.2) is 5.82 Å². The lowest BCUT2D eigenvalue weighted by molar-refractivity contribution is -0.119. The Morgan fingerprint density at radius 2 is 2.12 bits per heavy atom. The smallest absolute Gasteiger partial charge is 0.230 e. The van der Waals surface area contributed by atoms with E-state index in [9.17, 15) is 4.79 Å². The lowest BCUT2D eigenvalue weighted by Gasteiger charge is -2.13. The monoisotopic (exact) mass is 369 g/mol. The Hall–Kier alpha value is -1.92. The van der Waals surface area contributed by atoms with E-state index in [0.717, 1.165) is 26.6 Å². The molecule has 4 rings (SSSR count). The van der Waals surface area contributed by atoms with Gasteiger partial charge in [0, 0.05) is 11.4 Å². The van der Waals surface area contributed by atoms with Gasteiger partial charge in [-0.15, -0.1) is 11.3 Å². The van der Waals surface area contributed by atoms with E-state index in [-0.39, 0.29) is 11.9 Å². The first kappa shape index (κ1) is 16.5. The molecule has 1 aliphatic carbocycles. The van der Waals surface area contributed by atoms with E-state index in [4.69, 9.17) is 4.98 Å². The molecule has 3 aromatic rings. The summed E-state index contributed by atoms with van der Waals surface area (Å²) >= 11 is 3.11. The maximum Gasteiger partial charge on any atom is 0.230 e. The van der Waals surface area contributed by atoms with Crippen LogP contribution in [0.5, 0.6) is 0 Å². The van der Waals surface area contributed by atoms with Gasteiger partial charge < -0.3 is 5.32 Å². The molecular weight excluding hydrogens is 350 g/mol. The Labute approximate surface area is 155 Å². The number of hydrogen-bond donors (Lipinski definition) is 1. The van der Waals surface area contributed by atoms with Crippen molar-refractivity contribution in [1.82, 2.24) is 15.3 Å². The zero-order valence-electron chi connectivity index (χ0n) is 13.9. The number of hydrogen-bond acceptors (Lipinski definition) is 5. The van der Waals surface area contributed by atoms with Gasteiger partial charge in [-0.2, -0.15) is 0 Å². The summed E-state index contributed by atoms with van der Waals surface area (Å²) in [5.41, 5.74) is 0.912. The molecule has 128 valence electrons. The molecule has 0 unspecified atom stereocenters. The van der Waals surface area contributed by atoms with Crippen LogP contribution < -0.4 is 5.32 Å². The van der Waals surface area contributed by atoms with Crippen LogP contribution in [0, 0.1) is 5.92 Å². The Morgan fingerprint density at radius 3 is 2.88 bits per heavy atom. The van der Waals surface area contributed by atoms with E-state index in [1.807, 2.05) is 41.8 Å². The minimum absolute atomic E-state index is 0.0739. The number of benzene rings is 1. The summed E-state index contributed by atoms with van der Waals surface area (Å²) in [6.07, 6.45) is 2.46. The molecule has 25 heavy (non-hydrogen) atoms. The molecule has 2 heterocycles. The van der Waals surface area contributed by atoms with Crippen molar-refractivity contribution < 1.29 is 4.79 Å². The number of aromatic nitrogens is 2. The van der Waals surface area contributed by atoms with Crippen LogP contribution in [0.1, 0.15) is 19.8 Å². The molecule has 6 heteroatoms. The van der Waals surface area contributed by atoms with Crippen molar-refractivity contribution in [3.05, 3.63) is 41.8 Å². The molecule has 0 saturated heterocycles. The molecule has 0 spiro atoms. The van der Waals surface area contributed by atoms with Gasteiger partial charge in [0.05, 0.1) is 16.1 Å². The summed E-state index contributed by atoms with van der Waals surface area (Å²) in [5.74, 6) is 1.84. The van der Waals surface area contributed by atoms with Gasteiger partial charge in [-0.25, -0.2) is 9.97 Å². The SMILES string of the molecule is C[C@H](NC(=O)CSc1nc(-c2cccs2)nc2ccccc12)C1CC1. The molecule has 1 amide bonds. The molecule has 2 aromatic heterocycles. The highest BCUT2D eigenvalue weighted by Gasteiger charge is 2.28. The Morgan fingerprint density at radius 1 is 1.28 bits per heavy atom. The third kappa shape index (κ3) is 3.85. The lowest BCUT2D eigenvalue weighted by atomic mass is 10.2. The first-order valence-corrected chi connectivity index (χ1v) is 10.3. The lowest BCUT2D eigenvalue weighted by Crippen LogP contribution is -2.35. The maximum atomic E-state index is 12.2. The summed E-state index contributed by atoms with van der Waals surface area (Å²) < 4.78 is 0. The fraction of sp³-hybridized carbons (Fsp3) is 0.316. The van der Waals surface area contributed by atoms with Crippen molar-refractivity contribution in [3.8, 4) is 10.7 Å². The third-order valence-corrected chi connectivity index (χ3v) is 6.22. The van der Waals surface area contributed by atoms with Crippen LogP contribution in [-0.4, -0.2) is 27.7 Å². The van der Waals surface area contributed by atoms with Crippen molar-refractivity contribution in [1.29, 1.82) is 0 Å². The zero-order valence-corrected chi connectivity index (χ0v) is 15.6. The predicted molar refractivity (Wildman–Crippen MR) is 104 cm³/mol. The van der Waals surface area contributed by atoms with E-state index in [1.54, 1.807) is 11.3 Å². The molecule has 1 aromatic carbocycles. The van der Waals surface area contributed by atoms with E-state index in [0.29, 0.717) is 11.7 Å². The third-order valence-electron chi connectivity index (χ3n) is 4.37. The summed E-state index contributed by atoms with van der Waals surface area (Å²) in [5, 5.41) is 6.98. The van der Waals surface area contributed by atoms with Gasteiger partial charge in [0.25, 0.3) is 0 Å². The first-order valence-electron chi connectivity index (χ1n) is 8.43. The van der Waals surface area contributed by atoms with Gasteiger partial charge >= 0.3 is 0 Å². The van der Waals surface area contributed by atoms with E-state index in [2.05, 4.69) is 17.2 Å². The molecular formula is C19H19N3OS2. The maximum absolute atomic E-state index is 12.2. The second-order valence-corrected chi connectivity index (χ2v) is 8.24. The fourth-order valence-electron chi connectivity index (χ4n) is 2.82. The summed E-state index contributed by atoms with van der Waals surface area (Å²) in [6, 6.07) is 12.3. The number of carbonyl (C=O) groups excluding carboxylic acids is 1. The molecule has 1 saturated carbocycles. The van der Waals surface area contributed by atoms with E-state index in [1.165, 1.54) is 24.6 Å². The summed E-state index contributed by atoms with van der Waals surface area (Å²) in [7, 11) is 0. The van der Waals surface area contributed by atoms with Crippen LogP contribution in [0.4, 0.5) is 0 Å². The predicted octanol–water partition coefficient (Wildman–Crippen LogP) is 4.37. The quantitative estimate of drug-likeness (QED) is 0.518. The Balaban J connectivity index is 1.56. The molecule has 4 nitrogen and oxygen atoms in total. The number of thioether (sulfide) groups is 1. The van der Waals surface area contributed by atoms with Gasteiger partial charge in [0.2, 0.25) is 5.91 Å². The normalized spacial score (nSPS) is 15.2. The molecule has 1 fully saturated rings. The standard InChI is InChI=1S/C19H19N3OS2/c1-12(13-8-9-13)20-17(23)11-25-19-14-5-2-3-6-15(14)21-18(22-19)16-7-4-10-24-16/h2-7,10,12-13H,8-9,11H2,1H3,(H,20,23)/t12-/m0/s1.